The van der Waals surface area contributed by atoms with Crippen LogP contribution in [0.5, 0.6) is 0 Å². The number of carboxylic acid groups (broad SMARTS) is 1. The zero-order valence-corrected chi connectivity index (χ0v) is 45.4. The van der Waals surface area contributed by atoms with Crippen molar-refractivity contribution in [3.63, 3.8) is 0 Å². The van der Waals surface area contributed by atoms with Crippen molar-refractivity contribution in [3.8, 4) is 0 Å². The SMILES string of the molecule is CCCC(=O)[O-].F[P-](F)(F)(F)(F)F.F[P-](F)(F)(F)(F)F.F[P-](F)(F)(F)(F)F.[O-2].[Os+4].[Os+4].c1ccc(CN(Cc2ccccn2)Cc2ccccn2)nc1.c1ccc(CN(Cc2ccccn2)Cc2ccccn2)nc1. The molecule has 0 saturated carbocycles. The van der Waals surface area contributed by atoms with Gasteiger partial charge in [0.1, 0.15) is 0 Å². The second-order valence-corrected chi connectivity index (χ2v) is 20.0. The van der Waals surface area contributed by atoms with Crippen molar-refractivity contribution in [2.45, 2.75) is 59.0 Å². The van der Waals surface area contributed by atoms with Gasteiger partial charge >= 0.3 is 139 Å². The number of nitrogens with zero attached hydrogens (tertiary/aromatic N) is 8. The van der Waals surface area contributed by atoms with Crippen molar-refractivity contribution >= 4 is 29.4 Å². The van der Waals surface area contributed by atoms with E-state index in [0.717, 1.165) is 73.4 Å². The first-order chi connectivity index (χ1) is 31.9. The van der Waals surface area contributed by atoms with Crippen molar-refractivity contribution in [2.24, 2.45) is 0 Å². The van der Waals surface area contributed by atoms with E-state index in [-0.39, 0.29) is 51.5 Å². The minimum absolute atomic E-state index is 0. The molecule has 0 amide bonds. The van der Waals surface area contributed by atoms with Gasteiger partial charge in [0.05, 0.1) is 34.2 Å². The van der Waals surface area contributed by atoms with Crippen LogP contribution in [0.2, 0.25) is 0 Å². The van der Waals surface area contributed by atoms with Crippen LogP contribution in [-0.2, 0) is 89.1 Å². The summed E-state index contributed by atoms with van der Waals surface area (Å²) in [6, 6.07) is 36.0. The molecule has 6 rings (SSSR count). The smallest absolute Gasteiger partial charge is 2.00 e. The van der Waals surface area contributed by atoms with Crippen molar-refractivity contribution < 1.29 is 131 Å². The fourth-order valence-corrected chi connectivity index (χ4v) is 4.86. The fourth-order valence-electron chi connectivity index (χ4n) is 4.86. The molecule has 0 spiro atoms. The molecular formula is C40H43F18N8O3Os2P3+2. The quantitative estimate of drug-likeness (QED) is 0.0761. The van der Waals surface area contributed by atoms with Gasteiger partial charge in [-0.1, -0.05) is 49.7 Å². The Bertz CT molecular complexity index is 2040. The van der Waals surface area contributed by atoms with Crippen LogP contribution < -0.4 is 5.11 Å². The predicted octanol–water partition coefficient (Wildman–Crippen LogP) is 15.7. The number of halogens is 18. The van der Waals surface area contributed by atoms with E-state index in [9.17, 15) is 85.4 Å². The third-order valence-electron chi connectivity index (χ3n) is 7.12. The van der Waals surface area contributed by atoms with Crippen molar-refractivity contribution in [3.05, 3.63) is 181 Å². The molecule has 0 aliphatic rings. The number of carbonyl (C=O) groups excluding carboxylic acids is 1. The van der Waals surface area contributed by atoms with Crippen LogP contribution in [-0.4, -0.2) is 45.7 Å². The topological polar surface area (TPSA) is 152 Å². The summed E-state index contributed by atoms with van der Waals surface area (Å²) < 4.78 is 178. The first-order valence-corrected chi connectivity index (χ1v) is 25.7. The van der Waals surface area contributed by atoms with Gasteiger partial charge in [-0.05, 0) is 79.2 Å². The Kier molecular flexibility index (Phi) is 28.0. The van der Waals surface area contributed by atoms with Crippen LogP contribution >= 0.6 is 23.4 Å². The molecule has 0 saturated heterocycles. The molecule has 0 aromatic carbocycles. The largest absolute Gasteiger partial charge is 4.00 e. The van der Waals surface area contributed by atoms with Gasteiger partial charge < -0.3 is 15.4 Å². The summed E-state index contributed by atoms with van der Waals surface area (Å²) in [6.07, 6.45) is 11.8. The molecule has 0 radical (unpaired) electrons. The Labute approximate surface area is 437 Å². The minimum Gasteiger partial charge on any atom is -2.00 e. The Balaban J connectivity index is -0.000000898. The summed E-state index contributed by atoms with van der Waals surface area (Å²) in [7, 11) is -32.0. The molecule has 0 bridgehead atoms. The normalized spacial score (nSPS) is 13.6. The molecule has 0 atom stereocenters. The van der Waals surface area contributed by atoms with E-state index in [4.69, 9.17) is 0 Å². The number of rotatable bonds is 14. The summed E-state index contributed by atoms with van der Waals surface area (Å²) in [6.45, 7) is 6.43. The number of hydrogen-bond acceptors (Lipinski definition) is 10. The zero-order chi connectivity index (χ0) is 54.3. The van der Waals surface area contributed by atoms with Crippen LogP contribution in [0.25, 0.3) is 0 Å². The Hall–Kier alpha value is -4.45. The maximum absolute atomic E-state index is 10.7. The summed E-state index contributed by atoms with van der Waals surface area (Å²) in [5, 5.41) is 9.49. The second kappa shape index (κ2) is 28.1. The Morgan fingerprint density at radius 2 is 0.527 bits per heavy atom. The molecule has 34 heteroatoms. The van der Waals surface area contributed by atoms with Crippen molar-refractivity contribution in [2.75, 3.05) is 0 Å². The van der Waals surface area contributed by atoms with Crippen LogP contribution in [0.1, 0.15) is 53.9 Å². The second-order valence-electron chi connectivity index (χ2n) is 14.2. The molecule has 6 aromatic rings. The average molecular weight is 1500 g/mol. The van der Waals surface area contributed by atoms with Crippen molar-refractivity contribution in [1.29, 1.82) is 0 Å². The van der Waals surface area contributed by atoms with Crippen LogP contribution in [0, 0.1) is 0 Å². The van der Waals surface area contributed by atoms with Gasteiger partial charge in [0.25, 0.3) is 0 Å². The third-order valence-corrected chi connectivity index (χ3v) is 7.12. The van der Waals surface area contributed by atoms with Crippen molar-refractivity contribution in [1.82, 2.24) is 39.7 Å². The van der Waals surface area contributed by atoms with E-state index in [1.807, 2.05) is 146 Å². The van der Waals surface area contributed by atoms with E-state index in [2.05, 4.69) is 39.7 Å². The first kappa shape index (κ1) is 73.8. The molecule has 11 nitrogen and oxygen atoms in total. The average Bonchev–Trinajstić information content (AvgIpc) is 3.20. The molecule has 74 heavy (non-hydrogen) atoms. The van der Waals surface area contributed by atoms with Crippen LogP contribution in [0.15, 0.2) is 146 Å². The Morgan fingerprint density at radius 3 is 0.608 bits per heavy atom. The monoisotopic (exact) mass is 1500 g/mol. The van der Waals surface area contributed by atoms with Crippen LogP contribution in [0.3, 0.4) is 0 Å². The van der Waals surface area contributed by atoms with Gasteiger partial charge in [0.15, 0.2) is 0 Å². The van der Waals surface area contributed by atoms with Gasteiger partial charge in [-0.2, -0.15) is 0 Å². The van der Waals surface area contributed by atoms with Gasteiger partial charge in [-0.15, -0.1) is 0 Å². The van der Waals surface area contributed by atoms with Crippen LogP contribution in [0.4, 0.5) is 75.5 Å². The third kappa shape index (κ3) is 60.1. The number of pyridine rings is 6. The maximum atomic E-state index is 9.87. The predicted molar refractivity (Wildman–Crippen MR) is 233 cm³/mol. The molecule has 6 heterocycles. The van der Waals surface area contributed by atoms with Gasteiger partial charge in [-0.3, -0.25) is 39.7 Å². The standard InChI is InChI=1S/2C18H18N4.C4H8O2.3F6P.O.2Os/c2*1-4-10-19-16(7-1)13-22(14-17-8-2-5-11-20-17)15-18-9-3-6-12-21-18;1-2-3-4(5)6;3*1-7(2,3,4,5)6;;;/h2*1-12H,13-15H2;2-3H2,1H3,(H,5,6);;;;;;/q;;;3*-1;-2;2*+4/p-1. The summed E-state index contributed by atoms with van der Waals surface area (Å²) in [5.74, 6) is -0.961. The molecule has 0 N–H and O–H groups in total. The van der Waals surface area contributed by atoms with Gasteiger partial charge in [-0.25, -0.2) is 0 Å². The molecule has 416 valence electrons. The van der Waals surface area contributed by atoms with E-state index in [1.54, 1.807) is 6.92 Å². The molecule has 0 unspecified atom stereocenters. The number of aromatic nitrogens is 6. The fraction of sp³-hybridized carbons (Fsp3) is 0.225. The molecule has 0 fully saturated rings. The first-order valence-electron chi connectivity index (χ1n) is 19.7. The number of carbonyl (C=O) groups is 1. The van der Waals surface area contributed by atoms with E-state index < -0.39 is 29.4 Å². The summed E-state index contributed by atoms with van der Waals surface area (Å²) in [5.41, 5.74) is 6.30. The van der Waals surface area contributed by atoms with E-state index in [1.165, 1.54) is 0 Å². The zero-order valence-electron chi connectivity index (χ0n) is 37.7. The maximum Gasteiger partial charge on any atom is 4.00 e. The number of carboxylic acids is 1. The number of hydrogen-bond donors (Lipinski definition) is 0. The molecule has 0 aliphatic carbocycles. The summed E-state index contributed by atoms with van der Waals surface area (Å²) >= 11 is 0. The summed E-state index contributed by atoms with van der Waals surface area (Å²) in [4.78, 5) is 40.6. The minimum atomic E-state index is -10.7. The Morgan fingerprint density at radius 1 is 0.378 bits per heavy atom. The van der Waals surface area contributed by atoms with E-state index >= 15 is 0 Å². The van der Waals surface area contributed by atoms with E-state index in [0.29, 0.717) is 6.42 Å². The molecule has 0 aliphatic heterocycles. The van der Waals surface area contributed by atoms with Gasteiger partial charge in [0, 0.05) is 82.4 Å². The molecular weight excluding hydrogens is 1460 g/mol. The number of aliphatic carboxylic acids is 1. The molecule has 6 aromatic heterocycles. The van der Waals surface area contributed by atoms with Gasteiger partial charge in [0.2, 0.25) is 0 Å².